The molecule has 0 spiro atoms. The number of nitrogens with one attached hydrogen (secondary N) is 2. The summed E-state index contributed by atoms with van der Waals surface area (Å²) in [5.41, 5.74) is 1.28. The average molecular weight is 348 g/mol. The summed E-state index contributed by atoms with van der Waals surface area (Å²) in [4.78, 5) is 12.2. The van der Waals surface area contributed by atoms with Crippen LogP contribution in [0.1, 0.15) is 18.5 Å². The number of carbonyl (C=O) groups is 1. The highest BCUT2D eigenvalue weighted by molar-refractivity contribution is 5.90. The molecule has 1 atom stereocenters. The van der Waals surface area contributed by atoms with Gasteiger partial charge >= 0.3 is 6.03 Å². The second-order valence-electron chi connectivity index (χ2n) is 5.29. The molecule has 2 aromatic rings. The van der Waals surface area contributed by atoms with Gasteiger partial charge in [0.25, 0.3) is 0 Å². The van der Waals surface area contributed by atoms with Crippen molar-refractivity contribution in [1.29, 1.82) is 0 Å². The predicted octanol–water partition coefficient (Wildman–Crippen LogP) is 3.73. The number of halogens is 1. The number of hydrogen-bond acceptors (Lipinski definition) is 4. The van der Waals surface area contributed by atoms with Crippen molar-refractivity contribution in [1.82, 2.24) is 5.32 Å². The first-order valence-corrected chi connectivity index (χ1v) is 7.61. The molecular formula is C18H21FN2O4. The fourth-order valence-corrected chi connectivity index (χ4v) is 2.35. The molecule has 2 rings (SSSR count). The van der Waals surface area contributed by atoms with E-state index in [4.69, 9.17) is 14.2 Å². The van der Waals surface area contributed by atoms with Crippen LogP contribution < -0.4 is 24.8 Å². The van der Waals surface area contributed by atoms with Gasteiger partial charge in [-0.3, -0.25) is 0 Å². The summed E-state index contributed by atoms with van der Waals surface area (Å²) in [5.74, 6) is 0.987. The van der Waals surface area contributed by atoms with E-state index in [1.165, 1.54) is 33.5 Å². The molecule has 0 aliphatic carbocycles. The minimum Gasteiger partial charge on any atom is -0.493 e. The normalized spacial score (nSPS) is 11.4. The van der Waals surface area contributed by atoms with E-state index < -0.39 is 6.03 Å². The minimum absolute atomic E-state index is 0.289. The van der Waals surface area contributed by atoms with Gasteiger partial charge in [0.2, 0.25) is 5.75 Å². The van der Waals surface area contributed by atoms with E-state index in [-0.39, 0.29) is 11.9 Å². The van der Waals surface area contributed by atoms with Crippen molar-refractivity contribution in [3.05, 3.63) is 47.8 Å². The molecule has 7 heteroatoms. The van der Waals surface area contributed by atoms with Crippen LogP contribution in [0.2, 0.25) is 0 Å². The van der Waals surface area contributed by atoms with Crippen molar-refractivity contribution in [3.8, 4) is 17.2 Å². The average Bonchev–Trinajstić information content (AvgIpc) is 2.61. The van der Waals surface area contributed by atoms with Crippen LogP contribution in [0.4, 0.5) is 14.9 Å². The second-order valence-corrected chi connectivity index (χ2v) is 5.29. The van der Waals surface area contributed by atoms with E-state index in [9.17, 15) is 9.18 Å². The lowest BCUT2D eigenvalue weighted by Crippen LogP contribution is -2.31. The highest BCUT2D eigenvalue weighted by Gasteiger charge is 2.15. The monoisotopic (exact) mass is 348 g/mol. The van der Waals surface area contributed by atoms with Crippen molar-refractivity contribution in [2.24, 2.45) is 0 Å². The van der Waals surface area contributed by atoms with Crippen LogP contribution >= 0.6 is 0 Å². The Morgan fingerprint density at radius 1 is 1.00 bits per heavy atom. The Morgan fingerprint density at radius 2 is 1.56 bits per heavy atom. The molecule has 0 heterocycles. The number of carbonyl (C=O) groups excluding carboxylic acids is 1. The van der Waals surface area contributed by atoms with Gasteiger partial charge < -0.3 is 24.8 Å². The zero-order chi connectivity index (χ0) is 18.4. The Kier molecular flexibility index (Phi) is 6.05. The largest absolute Gasteiger partial charge is 0.493 e. The summed E-state index contributed by atoms with van der Waals surface area (Å²) >= 11 is 0. The highest BCUT2D eigenvalue weighted by atomic mass is 19.1. The van der Waals surface area contributed by atoms with Gasteiger partial charge in [-0.05, 0) is 24.6 Å². The molecule has 2 N–H and O–H groups in total. The molecule has 0 fully saturated rings. The van der Waals surface area contributed by atoms with E-state index in [2.05, 4.69) is 10.6 Å². The molecule has 0 aliphatic rings. The summed E-state index contributed by atoms with van der Waals surface area (Å²) in [5, 5.41) is 5.50. The zero-order valence-electron chi connectivity index (χ0n) is 14.6. The van der Waals surface area contributed by atoms with Gasteiger partial charge in [-0.2, -0.15) is 0 Å². The van der Waals surface area contributed by atoms with Crippen LogP contribution in [0.3, 0.4) is 0 Å². The van der Waals surface area contributed by atoms with Crippen LogP contribution in [0.15, 0.2) is 36.4 Å². The molecule has 134 valence electrons. The predicted molar refractivity (Wildman–Crippen MR) is 93.1 cm³/mol. The lowest BCUT2D eigenvalue weighted by molar-refractivity contribution is 0.249. The van der Waals surface area contributed by atoms with E-state index in [1.54, 1.807) is 24.3 Å². The third-order valence-electron chi connectivity index (χ3n) is 3.64. The van der Waals surface area contributed by atoms with E-state index in [0.717, 1.165) is 5.56 Å². The summed E-state index contributed by atoms with van der Waals surface area (Å²) < 4.78 is 28.7. The first-order valence-electron chi connectivity index (χ1n) is 7.61. The number of urea groups is 1. The van der Waals surface area contributed by atoms with Gasteiger partial charge in [-0.1, -0.05) is 12.1 Å². The number of rotatable bonds is 6. The van der Waals surface area contributed by atoms with Gasteiger partial charge in [0.1, 0.15) is 5.82 Å². The maximum Gasteiger partial charge on any atom is 0.319 e. The molecule has 0 radical (unpaired) electrons. The van der Waals surface area contributed by atoms with Gasteiger partial charge in [0, 0.05) is 12.1 Å². The lowest BCUT2D eigenvalue weighted by atomic mass is 10.1. The first kappa shape index (κ1) is 18.4. The van der Waals surface area contributed by atoms with E-state index in [1.807, 2.05) is 6.92 Å². The molecule has 2 aromatic carbocycles. The van der Waals surface area contributed by atoms with Crippen molar-refractivity contribution in [2.75, 3.05) is 26.6 Å². The summed E-state index contributed by atoms with van der Waals surface area (Å²) in [6, 6.07) is 8.51. The number of anilines is 1. The number of benzene rings is 2. The van der Waals surface area contributed by atoms with Crippen LogP contribution in [0.25, 0.3) is 0 Å². The SMILES string of the molecule is COc1cc(NC(=O)N[C@@H](C)c2ccc(F)cc2)cc(OC)c1OC. The van der Waals surface area contributed by atoms with Gasteiger partial charge in [-0.15, -0.1) is 0 Å². The number of hydrogen-bond donors (Lipinski definition) is 2. The smallest absolute Gasteiger partial charge is 0.319 e. The molecule has 0 saturated carbocycles. The molecule has 0 aliphatic heterocycles. The lowest BCUT2D eigenvalue weighted by Gasteiger charge is -2.17. The Labute approximate surface area is 145 Å². The van der Waals surface area contributed by atoms with Gasteiger partial charge in [0.15, 0.2) is 11.5 Å². The van der Waals surface area contributed by atoms with Crippen LogP contribution in [0.5, 0.6) is 17.2 Å². The Bertz CT molecular complexity index is 709. The summed E-state index contributed by atoms with van der Waals surface area (Å²) in [7, 11) is 4.50. The Hall–Kier alpha value is -2.96. The minimum atomic E-state index is -0.411. The zero-order valence-corrected chi connectivity index (χ0v) is 14.6. The molecule has 0 bridgehead atoms. The van der Waals surface area contributed by atoms with Gasteiger partial charge in [-0.25, -0.2) is 9.18 Å². The third kappa shape index (κ3) is 4.53. The van der Waals surface area contributed by atoms with Crippen molar-refractivity contribution in [3.63, 3.8) is 0 Å². The van der Waals surface area contributed by atoms with Crippen LogP contribution in [0, 0.1) is 5.82 Å². The second kappa shape index (κ2) is 8.23. The third-order valence-corrected chi connectivity index (χ3v) is 3.64. The maximum absolute atomic E-state index is 13.0. The quantitative estimate of drug-likeness (QED) is 0.834. The summed E-state index contributed by atoms with van der Waals surface area (Å²) in [6.45, 7) is 1.81. The molecule has 0 aromatic heterocycles. The highest BCUT2D eigenvalue weighted by Crippen LogP contribution is 2.39. The fraction of sp³-hybridized carbons (Fsp3) is 0.278. The van der Waals surface area contributed by atoms with E-state index in [0.29, 0.717) is 22.9 Å². The molecule has 0 unspecified atom stereocenters. The molecule has 0 saturated heterocycles. The Morgan fingerprint density at radius 3 is 2.04 bits per heavy atom. The van der Waals surface area contributed by atoms with Crippen LogP contribution in [-0.2, 0) is 0 Å². The van der Waals surface area contributed by atoms with Crippen molar-refractivity contribution < 1.29 is 23.4 Å². The fourth-order valence-electron chi connectivity index (χ4n) is 2.35. The molecule has 6 nitrogen and oxygen atoms in total. The number of ether oxygens (including phenoxy) is 3. The molecular weight excluding hydrogens is 327 g/mol. The topological polar surface area (TPSA) is 68.8 Å². The van der Waals surface area contributed by atoms with E-state index >= 15 is 0 Å². The molecule has 25 heavy (non-hydrogen) atoms. The molecule has 2 amide bonds. The summed E-state index contributed by atoms with van der Waals surface area (Å²) in [6.07, 6.45) is 0. The van der Waals surface area contributed by atoms with Crippen molar-refractivity contribution in [2.45, 2.75) is 13.0 Å². The standard InChI is InChI=1S/C18H21FN2O4/c1-11(12-5-7-13(19)8-6-12)20-18(22)21-14-9-15(23-2)17(25-4)16(10-14)24-3/h5-11H,1-4H3,(H2,20,21,22)/t11-/m0/s1. The Balaban J connectivity index is 2.10. The van der Waals surface area contributed by atoms with Gasteiger partial charge in [0.05, 0.1) is 33.1 Å². The number of methoxy groups -OCH3 is 3. The van der Waals surface area contributed by atoms with Crippen molar-refractivity contribution >= 4 is 11.7 Å². The number of amides is 2. The van der Waals surface area contributed by atoms with Crippen LogP contribution in [-0.4, -0.2) is 27.4 Å². The first-order chi connectivity index (χ1) is 12.0. The maximum atomic E-state index is 13.0.